The van der Waals surface area contributed by atoms with Crippen LogP contribution in [0, 0.1) is 0 Å². The molecule has 0 saturated carbocycles. The predicted molar refractivity (Wildman–Crippen MR) is 68.8 cm³/mol. The van der Waals surface area contributed by atoms with Crippen LogP contribution >= 0.6 is 0 Å². The van der Waals surface area contributed by atoms with Gasteiger partial charge in [-0.15, -0.1) is 0 Å². The average Bonchev–Trinajstić information content (AvgIpc) is 2.38. The molecule has 0 radical (unpaired) electrons. The van der Waals surface area contributed by atoms with Crippen LogP contribution in [0.2, 0.25) is 0 Å². The standard InChI is InChI=1S/C14H17NO3/c1-3-7-14(17)18-10-13(16)15-11(2)12-8-5-4-6-9-12/h3-9,11H,10H2,1-2H3,(H,15,16). The monoisotopic (exact) mass is 247 g/mol. The van der Waals surface area contributed by atoms with Gasteiger partial charge in [0.2, 0.25) is 0 Å². The molecule has 0 fully saturated rings. The van der Waals surface area contributed by atoms with Crippen LogP contribution in [0.4, 0.5) is 0 Å². The fourth-order valence-electron chi connectivity index (χ4n) is 1.43. The molecular weight excluding hydrogens is 230 g/mol. The van der Waals surface area contributed by atoms with Gasteiger partial charge in [-0.1, -0.05) is 36.4 Å². The van der Waals surface area contributed by atoms with Crippen molar-refractivity contribution in [2.24, 2.45) is 0 Å². The van der Waals surface area contributed by atoms with Gasteiger partial charge in [0, 0.05) is 6.08 Å². The summed E-state index contributed by atoms with van der Waals surface area (Å²) in [6.45, 7) is 3.32. The second-order valence-electron chi connectivity index (χ2n) is 3.81. The highest BCUT2D eigenvalue weighted by Crippen LogP contribution is 2.10. The van der Waals surface area contributed by atoms with E-state index in [1.165, 1.54) is 6.08 Å². The molecule has 18 heavy (non-hydrogen) atoms. The Morgan fingerprint density at radius 3 is 2.61 bits per heavy atom. The van der Waals surface area contributed by atoms with Crippen molar-refractivity contribution in [1.29, 1.82) is 0 Å². The van der Waals surface area contributed by atoms with Gasteiger partial charge in [0.25, 0.3) is 5.91 Å². The summed E-state index contributed by atoms with van der Waals surface area (Å²) >= 11 is 0. The minimum absolute atomic E-state index is 0.112. The maximum Gasteiger partial charge on any atom is 0.330 e. The number of carbonyl (C=O) groups is 2. The molecule has 4 heteroatoms. The summed E-state index contributed by atoms with van der Waals surface area (Å²) in [5.41, 5.74) is 1.01. The molecule has 1 amide bonds. The Hall–Kier alpha value is -2.10. The van der Waals surface area contributed by atoms with E-state index in [4.69, 9.17) is 4.74 Å². The van der Waals surface area contributed by atoms with E-state index >= 15 is 0 Å². The third-order valence-corrected chi connectivity index (χ3v) is 2.33. The van der Waals surface area contributed by atoms with Crippen molar-refractivity contribution in [3.8, 4) is 0 Å². The first-order valence-electron chi connectivity index (χ1n) is 5.77. The Kier molecular flexibility index (Phi) is 5.64. The summed E-state index contributed by atoms with van der Waals surface area (Å²) in [6.07, 6.45) is 2.83. The number of allylic oxidation sites excluding steroid dienone is 1. The second kappa shape index (κ2) is 7.27. The molecule has 0 aromatic heterocycles. The number of rotatable bonds is 5. The highest BCUT2D eigenvalue weighted by molar-refractivity contribution is 5.85. The molecule has 0 saturated heterocycles. The lowest BCUT2D eigenvalue weighted by Gasteiger charge is -2.13. The van der Waals surface area contributed by atoms with E-state index in [0.29, 0.717) is 0 Å². The van der Waals surface area contributed by atoms with Gasteiger partial charge in [-0.25, -0.2) is 4.79 Å². The molecular formula is C14H17NO3. The third kappa shape index (κ3) is 4.82. The molecule has 0 heterocycles. The van der Waals surface area contributed by atoms with Crippen LogP contribution in [0.25, 0.3) is 0 Å². The SMILES string of the molecule is CC=CC(=O)OCC(=O)NC(C)c1ccccc1. The zero-order valence-corrected chi connectivity index (χ0v) is 10.6. The fraction of sp³-hybridized carbons (Fsp3) is 0.286. The molecule has 0 aliphatic rings. The molecule has 1 unspecified atom stereocenters. The zero-order chi connectivity index (χ0) is 13.4. The van der Waals surface area contributed by atoms with Crippen molar-refractivity contribution in [3.05, 3.63) is 48.0 Å². The molecule has 0 spiro atoms. The first kappa shape index (κ1) is 14.0. The molecule has 0 bridgehead atoms. The molecule has 0 aliphatic heterocycles. The van der Waals surface area contributed by atoms with Crippen LogP contribution < -0.4 is 5.32 Å². The third-order valence-electron chi connectivity index (χ3n) is 2.33. The van der Waals surface area contributed by atoms with Gasteiger partial charge >= 0.3 is 5.97 Å². The van der Waals surface area contributed by atoms with Gasteiger partial charge in [0.1, 0.15) is 0 Å². The summed E-state index contributed by atoms with van der Waals surface area (Å²) in [5.74, 6) is -0.829. The molecule has 96 valence electrons. The number of nitrogens with one attached hydrogen (secondary N) is 1. The summed E-state index contributed by atoms with van der Waals surface area (Å²) in [4.78, 5) is 22.5. The van der Waals surface area contributed by atoms with Gasteiger partial charge in [0.15, 0.2) is 6.61 Å². The normalized spacial score (nSPS) is 12.1. The van der Waals surface area contributed by atoms with Crippen molar-refractivity contribution in [2.45, 2.75) is 19.9 Å². The highest BCUT2D eigenvalue weighted by Gasteiger charge is 2.10. The van der Waals surface area contributed by atoms with Crippen LogP contribution in [0.5, 0.6) is 0 Å². The molecule has 1 rings (SSSR count). The zero-order valence-electron chi connectivity index (χ0n) is 10.6. The number of benzene rings is 1. The quantitative estimate of drug-likeness (QED) is 0.639. The van der Waals surface area contributed by atoms with Crippen molar-refractivity contribution in [1.82, 2.24) is 5.32 Å². The molecule has 4 nitrogen and oxygen atoms in total. The van der Waals surface area contributed by atoms with Gasteiger partial charge in [-0.05, 0) is 19.4 Å². The van der Waals surface area contributed by atoms with Crippen molar-refractivity contribution >= 4 is 11.9 Å². The Morgan fingerprint density at radius 1 is 1.33 bits per heavy atom. The van der Waals surface area contributed by atoms with Crippen LogP contribution in [-0.4, -0.2) is 18.5 Å². The Morgan fingerprint density at radius 2 is 2.00 bits per heavy atom. The largest absolute Gasteiger partial charge is 0.452 e. The van der Waals surface area contributed by atoms with Gasteiger partial charge < -0.3 is 10.1 Å². The lowest BCUT2D eigenvalue weighted by Crippen LogP contribution is -2.30. The van der Waals surface area contributed by atoms with Gasteiger partial charge in [0.05, 0.1) is 6.04 Å². The lowest BCUT2D eigenvalue weighted by molar-refractivity contribution is -0.144. The summed E-state index contributed by atoms with van der Waals surface area (Å²) < 4.78 is 4.74. The number of hydrogen-bond acceptors (Lipinski definition) is 3. The van der Waals surface area contributed by atoms with Crippen molar-refractivity contribution < 1.29 is 14.3 Å². The number of esters is 1. The van der Waals surface area contributed by atoms with E-state index in [-0.39, 0.29) is 18.6 Å². The van der Waals surface area contributed by atoms with E-state index < -0.39 is 5.97 Å². The van der Waals surface area contributed by atoms with E-state index in [2.05, 4.69) is 5.32 Å². The molecule has 1 atom stereocenters. The van der Waals surface area contributed by atoms with Crippen LogP contribution in [0.15, 0.2) is 42.5 Å². The Bertz CT molecular complexity index is 426. The van der Waals surface area contributed by atoms with Gasteiger partial charge in [-0.3, -0.25) is 4.79 Å². The number of ether oxygens (including phenoxy) is 1. The van der Waals surface area contributed by atoms with E-state index in [1.807, 2.05) is 37.3 Å². The summed E-state index contributed by atoms with van der Waals surface area (Å²) in [5, 5.41) is 2.75. The predicted octanol–water partition coefficient (Wildman–Crippen LogP) is 1.98. The smallest absolute Gasteiger partial charge is 0.330 e. The van der Waals surface area contributed by atoms with Crippen molar-refractivity contribution in [3.63, 3.8) is 0 Å². The number of hydrogen-bond donors (Lipinski definition) is 1. The summed E-state index contributed by atoms with van der Waals surface area (Å²) in [7, 11) is 0. The van der Waals surface area contributed by atoms with E-state index in [9.17, 15) is 9.59 Å². The van der Waals surface area contributed by atoms with Crippen molar-refractivity contribution in [2.75, 3.05) is 6.61 Å². The first-order valence-corrected chi connectivity index (χ1v) is 5.77. The fourth-order valence-corrected chi connectivity index (χ4v) is 1.43. The van der Waals surface area contributed by atoms with E-state index in [0.717, 1.165) is 5.56 Å². The first-order chi connectivity index (χ1) is 8.63. The topological polar surface area (TPSA) is 55.4 Å². The van der Waals surface area contributed by atoms with Gasteiger partial charge in [-0.2, -0.15) is 0 Å². The molecule has 1 aromatic rings. The summed E-state index contributed by atoms with van der Waals surface area (Å²) in [6, 6.07) is 9.47. The number of carbonyl (C=O) groups excluding carboxylic acids is 2. The molecule has 1 N–H and O–H groups in total. The number of amides is 1. The molecule has 0 aliphatic carbocycles. The Balaban J connectivity index is 2.39. The lowest BCUT2D eigenvalue weighted by atomic mass is 10.1. The second-order valence-corrected chi connectivity index (χ2v) is 3.81. The maximum atomic E-state index is 11.5. The average molecular weight is 247 g/mol. The van der Waals surface area contributed by atoms with Crippen LogP contribution in [0.3, 0.4) is 0 Å². The minimum atomic E-state index is -0.514. The maximum absolute atomic E-state index is 11.5. The minimum Gasteiger partial charge on any atom is -0.452 e. The van der Waals surface area contributed by atoms with Crippen LogP contribution in [0.1, 0.15) is 25.5 Å². The molecule has 1 aromatic carbocycles. The van der Waals surface area contributed by atoms with E-state index in [1.54, 1.807) is 13.0 Å². The Labute approximate surface area is 107 Å². The van der Waals surface area contributed by atoms with Crippen LogP contribution in [-0.2, 0) is 14.3 Å². The highest BCUT2D eigenvalue weighted by atomic mass is 16.5.